The minimum atomic E-state index is -1.31. The van der Waals surface area contributed by atoms with Crippen LogP contribution in [0, 0.1) is 0 Å². The van der Waals surface area contributed by atoms with Crippen LogP contribution in [-0.2, 0) is 66.9 Å². The molecule has 0 aromatic carbocycles. The standard InChI is InChI=1S/C45H77N5O18/c51-31-34(17-21-42(58)59)48-44(62)35(19-22-43(60)61)49-40(55)33-68-30-28-66-26-24-47-39(54)32-67-29-27-65-25-23-46-37(52)20-18-36(45(63)64)50-38(53)15-13-11-9-7-5-3-1-2-4-6-8-10-12-14-16-41(56)57/h31,34-36H,1-30,32-33H2,(H,46,52)(H,47,54)(H,48,62)(H,49,55)(H,50,53)(H,56,57)(H,58,59)(H,60,61)(H,63,64)/t34-,35-,36-/m0/s1. The summed E-state index contributed by atoms with van der Waals surface area (Å²) < 4.78 is 21.2. The molecule has 0 aromatic heterocycles. The van der Waals surface area contributed by atoms with E-state index in [1.54, 1.807) is 0 Å². The average molecular weight is 976 g/mol. The van der Waals surface area contributed by atoms with Crippen LogP contribution in [0.1, 0.15) is 141 Å². The summed E-state index contributed by atoms with van der Waals surface area (Å²) in [6.45, 7) is 0.116. The first-order valence-electron chi connectivity index (χ1n) is 23.7. The maximum absolute atomic E-state index is 12.5. The summed E-state index contributed by atoms with van der Waals surface area (Å²) >= 11 is 0. The summed E-state index contributed by atoms with van der Waals surface area (Å²) in [7, 11) is 0. The first-order valence-corrected chi connectivity index (χ1v) is 23.7. The predicted molar refractivity (Wildman–Crippen MR) is 243 cm³/mol. The number of aldehydes is 1. The first kappa shape index (κ1) is 62.7. The fourth-order valence-corrected chi connectivity index (χ4v) is 6.43. The Morgan fingerprint density at radius 2 is 0.809 bits per heavy atom. The van der Waals surface area contributed by atoms with Gasteiger partial charge in [0.2, 0.25) is 29.5 Å². The highest BCUT2D eigenvalue weighted by atomic mass is 16.5. The number of amides is 5. The molecule has 0 saturated heterocycles. The van der Waals surface area contributed by atoms with Crippen LogP contribution in [0.4, 0.5) is 0 Å². The number of hydrogen-bond donors (Lipinski definition) is 9. The second-order valence-electron chi connectivity index (χ2n) is 16.1. The Bertz CT molecular complexity index is 1480. The molecule has 9 N–H and O–H groups in total. The van der Waals surface area contributed by atoms with E-state index in [4.69, 9.17) is 34.3 Å². The number of carbonyl (C=O) groups excluding carboxylic acids is 6. The van der Waals surface area contributed by atoms with Gasteiger partial charge in [-0.1, -0.05) is 77.0 Å². The van der Waals surface area contributed by atoms with Gasteiger partial charge in [-0.3, -0.25) is 38.4 Å². The Balaban J connectivity index is 3.90. The number of carboxylic acid groups (broad SMARTS) is 4. The zero-order valence-electron chi connectivity index (χ0n) is 39.4. The molecule has 0 aliphatic carbocycles. The summed E-state index contributed by atoms with van der Waals surface area (Å²) in [4.78, 5) is 116. The second-order valence-corrected chi connectivity index (χ2v) is 16.1. The van der Waals surface area contributed by atoms with E-state index in [9.17, 15) is 53.1 Å². The largest absolute Gasteiger partial charge is 0.481 e. The molecule has 0 saturated carbocycles. The predicted octanol–water partition coefficient (Wildman–Crippen LogP) is 1.86. The van der Waals surface area contributed by atoms with E-state index in [2.05, 4.69) is 26.6 Å². The Labute approximate surface area is 398 Å². The van der Waals surface area contributed by atoms with Crippen molar-refractivity contribution in [2.45, 2.75) is 159 Å². The zero-order valence-corrected chi connectivity index (χ0v) is 39.4. The van der Waals surface area contributed by atoms with Gasteiger partial charge in [0.15, 0.2) is 0 Å². The molecule has 23 heteroatoms. The highest BCUT2D eigenvalue weighted by Crippen LogP contribution is 2.14. The third kappa shape index (κ3) is 41.0. The molecule has 3 atom stereocenters. The lowest BCUT2D eigenvalue weighted by Crippen LogP contribution is -2.51. The third-order valence-corrected chi connectivity index (χ3v) is 10.1. The van der Waals surface area contributed by atoms with Crippen molar-refractivity contribution in [3.63, 3.8) is 0 Å². The maximum atomic E-state index is 12.5. The van der Waals surface area contributed by atoms with Crippen molar-refractivity contribution >= 4 is 59.7 Å². The Morgan fingerprint density at radius 1 is 0.397 bits per heavy atom. The van der Waals surface area contributed by atoms with Crippen molar-refractivity contribution in [2.75, 3.05) is 65.9 Å². The number of carboxylic acids is 4. The number of ether oxygens (including phenoxy) is 4. The summed E-state index contributed by atoms with van der Waals surface area (Å²) in [6, 6.07) is -3.62. The molecule has 0 rings (SSSR count). The number of rotatable bonds is 48. The van der Waals surface area contributed by atoms with Gasteiger partial charge in [0.25, 0.3) is 0 Å². The highest BCUT2D eigenvalue weighted by Gasteiger charge is 2.25. The van der Waals surface area contributed by atoms with Gasteiger partial charge in [0.1, 0.15) is 31.6 Å². The van der Waals surface area contributed by atoms with Gasteiger partial charge in [-0.15, -0.1) is 0 Å². The van der Waals surface area contributed by atoms with Crippen LogP contribution in [0.25, 0.3) is 0 Å². The summed E-state index contributed by atoms with van der Waals surface area (Å²) in [5.74, 6) is -7.08. The highest BCUT2D eigenvalue weighted by molar-refractivity contribution is 5.90. The number of unbranched alkanes of at least 4 members (excludes halogenated alkanes) is 13. The molecule has 0 fully saturated rings. The monoisotopic (exact) mass is 976 g/mol. The maximum Gasteiger partial charge on any atom is 0.326 e. The van der Waals surface area contributed by atoms with E-state index >= 15 is 0 Å². The van der Waals surface area contributed by atoms with Crippen molar-refractivity contribution in [3.8, 4) is 0 Å². The SMILES string of the molecule is O=C[C@H](CCC(=O)O)NC(=O)[C@H](CCC(=O)O)NC(=O)COCCOCCNC(=O)COCCOCCNC(=O)CC[C@H](NC(=O)CCCCCCCCCCCCCCCCC(=O)O)C(=O)O. The minimum Gasteiger partial charge on any atom is -0.481 e. The topological polar surface area (TPSA) is 349 Å². The van der Waals surface area contributed by atoms with Crippen molar-refractivity contribution < 1.29 is 87.3 Å². The van der Waals surface area contributed by atoms with Crippen LogP contribution in [0.5, 0.6) is 0 Å². The lowest BCUT2D eigenvalue weighted by molar-refractivity contribution is -0.142. The van der Waals surface area contributed by atoms with Gasteiger partial charge in [0, 0.05) is 45.2 Å². The van der Waals surface area contributed by atoms with E-state index in [0.29, 0.717) is 12.7 Å². The molecule has 5 amide bonds. The summed E-state index contributed by atoms with van der Waals surface area (Å²) in [5.41, 5.74) is 0. The van der Waals surface area contributed by atoms with Gasteiger partial charge < -0.3 is 70.8 Å². The van der Waals surface area contributed by atoms with E-state index in [-0.39, 0.29) is 116 Å². The van der Waals surface area contributed by atoms with Gasteiger partial charge in [-0.25, -0.2) is 4.79 Å². The molecule has 0 bridgehead atoms. The Morgan fingerprint density at radius 3 is 1.29 bits per heavy atom. The normalized spacial score (nSPS) is 12.2. The van der Waals surface area contributed by atoms with Crippen LogP contribution in [-0.4, -0.2) is 164 Å². The third-order valence-electron chi connectivity index (χ3n) is 10.1. The quantitative estimate of drug-likeness (QED) is 0.0310. The number of carbonyl (C=O) groups is 10. The first-order chi connectivity index (χ1) is 32.6. The van der Waals surface area contributed by atoms with E-state index < -0.39 is 72.8 Å². The summed E-state index contributed by atoms with van der Waals surface area (Å²) in [5, 5.41) is 48.3. The van der Waals surface area contributed by atoms with Crippen molar-refractivity contribution in [1.29, 1.82) is 0 Å². The van der Waals surface area contributed by atoms with E-state index in [0.717, 1.165) is 51.4 Å². The van der Waals surface area contributed by atoms with Crippen LogP contribution in [0.15, 0.2) is 0 Å². The lowest BCUT2D eigenvalue weighted by atomic mass is 10.0. The zero-order chi connectivity index (χ0) is 50.6. The van der Waals surface area contributed by atoms with E-state index in [1.165, 1.54) is 32.1 Å². The molecular formula is C45H77N5O18. The molecule has 0 radical (unpaired) electrons. The van der Waals surface area contributed by atoms with Crippen molar-refractivity contribution in [3.05, 3.63) is 0 Å². The molecule has 0 aliphatic rings. The molecule has 23 nitrogen and oxygen atoms in total. The van der Waals surface area contributed by atoms with E-state index in [1.807, 2.05) is 0 Å². The molecule has 0 spiro atoms. The smallest absolute Gasteiger partial charge is 0.326 e. The number of nitrogens with one attached hydrogen (secondary N) is 5. The molecule has 0 aromatic rings. The molecule has 68 heavy (non-hydrogen) atoms. The van der Waals surface area contributed by atoms with Crippen molar-refractivity contribution in [2.24, 2.45) is 0 Å². The van der Waals surface area contributed by atoms with Gasteiger partial charge >= 0.3 is 23.9 Å². The second kappa shape index (κ2) is 43.0. The lowest BCUT2D eigenvalue weighted by Gasteiger charge is -2.20. The Kier molecular flexibility index (Phi) is 39.7. The van der Waals surface area contributed by atoms with Crippen LogP contribution >= 0.6 is 0 Å². The van der Waals surface area contributed by atoms with Crippen molar-refractivity contribution in [1.82, 2.24) is 26.6 Å². The Hall–Kier alpha value is -5.26. The molecule has 0 aliphatic heterocycles. The van der Waals surface area contributed by atoms with Crippen LogP contribution in [0.3, 0.4) is 0 Å². The van der Waals surface area contributed by atoms with Crippen LogP contribution in [0.2, 0.25) is 0 Å². The number of hydrogen-bond acceptors (Lipinski definition) is 14. The number of aliphatic carboxylic acids is 4. The minimum absolute atomic E-state index is 0.0271. The van der Waals surface area contributed by atoms with Gasteiger partial charge in [0.05, 0.1) is 45.7 Å². The van der Waals surface area contributed by atoms with Gasteiger partial charge in [-0.05, 0) is 32.1 Å². The van der Waals surface area contributed by atoms with Gasteiger partial charge in [-0.2, -0.15) is 0 Å². The molecule has 390 valence electrons. The average Bonchev–Trinajstić information content (AvgIpc) is 3.28. The molecule has 0 heterocycles. The molecule has 0 unspecified atom stereocenters. The van der Waals surface area contributed by atoms with Crippen LogP contribution < -0.4 is 26.6 Å². The fraction of sp³-hybridized carbons (Fsp3) is 0.778. The fourth-order valence-electron chi connectivity index (χ4n) is 6.43. The summed E-state index contributed by atoms with van der Waals surface area (Å²) in [6.07, 6.45) is 14.2. The molecular weight excluding hydrogens is 899 g/mol.